The molecular weight excluding hydrogens is 342 g/mol. The molecule has 0 bridgehead atoms. The average molecular weight is 376 g/mol. The normalized spacial score (nSPS) is 20.5. The first-order valence-corrected chi connectivity index (χ1v) is 10.3. The number of nitrogens with zero attached hydrogens (tertiary/aromatic N) is 1. The van der Waals surface area contributed by atoms with Crippen molar-refractivity contribution in [2.45, 2.75) is 57.1 Å². The fourth-order valence-electron chi connectivity index (χ4n) is 4.37. The highest BCUT2D eigenvalue weighted by atomic mass is 16.3. The van der Waals surface area contributed by atoms with Gasteiger partial charge in [-0.3, -0.25) is 0 Å². The van der Waals surface area contributed by atoms with E-state index in [-0.39, 0.29) is 18.3 Å². The Hall–Kier alpha value is -1.79. The first-order chi connectivity index (χ1) is 13.1. The van der Waals surface area contributed by atoms with Crippen molar-refractivity contribution in [3.8, 4) is 5.75 Å². The quantitative estimate of drug-likeness (QED) is 0.590. The van der Waals surface area contributed by atoms with Crippen LogP contribution in [0, 0.1) is 5.92 Å². The van der Waals surface area contributed by atoms with E-state index in [1.165, 1.54) is 57.7 Å². The van der Waals surface area contributed by atoms with E-state index in [4.69, 9.17) is 0 Å². The van der Waals surface area contributed by atoms with Gasteiger partial charge in [-0.05, 0) is 68.8 Å². The summed E-state index contributed by atoms with van der Waals surface area (Å²) in [6.07, 6.45) is 8.19. The lowest BCUT2D eigenvalue weighted by Crippen LogP contribution is -2.41. The Bertz CT molecular complexity index is 596. The van der Waals surface area contributed by atoms with Crippen LogP contribution in [0.5, 0.6) is 5.75 Å². The number of nitrogens with one attached hydrogen (secondary N) is 2. The molecule has 1 heterocycles. The topological polar surface area (TPSA) is 84.8 Å². The second-order valence-corrected chi connectivity index (χ2v) is 7.95. The Morgan fingerprint density at radius 1 is 1.15 bits per heavy atom. The van der Waals surface area contributed by atoms with Crippen LogP contribution < -0.4 is 10.6 Å². The minimum atomic E-state index is -0.831. The molecule has 27 heavy (non-hydrogen) atoms. The van der Waals surface area contributed by atoms with Gasteiger partial charge in [-0.25, -0.2) is 4.79 Å². The number of benzene rings is 1. The number of carbonyl (C=O) groups is 1. The van der Waals surface area contributed by atoms with Crippen LogP contribution in [-0.4, -0.2) is 53.4 Å². The van der Waals surface area contributed by atoms with Gasteiger partial charge in [-0.2, -0.15) is 0 Å². The lowest BCUT2D eigenvalue weighted by atomic mass is 9.92. The summed E-state index contributed by atoms with van der Waals surface area (Å²) < 4.78 is 0. The molecule has 2 amide bonds. The number of phenolic OH excluding ortho intramolecular Hbond substituents is 1. The number of urea groups is 1. The van der Waals surface area contributed by atoms with E-state index in [1.54, 1.807) is 18.2 Å². The van der Waals surface area contributed by atoms with E-state index in [0.717, 1.165) is 12.5 Å². The molecule has 3 rings (SSSR count). The zero-order chi connectivity index (χ0) is 19.1. The first kappa shape index (κ1) is 20.0. The molecule has 2 fully saturated rings. The summed E-state index contributed by atoms with van der Waals surface area (Å²) in [5.41, 5.74) is 0.587. The summed E-state index contributed by atoms with van der Waals surface area (Å²) in [4.78, 5) is 14.6. The molecule has 2 aliphatic rings. The zero-order valence-electron chi connectivity index (χ0n) is 16.1. The molecule has 150 valence electrons. The maximum Gasteiger partial charge on any atom is 0.314 e. The van der Waals surface area contributed by atoms with Gasteiger partial charge in [-0.1, -0.05) is 25.0 Å². The summed E-state index contributed by atoms with van der Waals surface area (Å²) in [7, 11) is 0. The van der Waals surface area contributed by atoms with Crippen LogP contribution >= 0.6 is 0 Å². The molecule has 1 saturated heterocycles. The predicted molar refractivity (Wildman–Crippen MR) is 106 cm³/mol. The van der Waals surface area contributed by atoms with Crippen molar-refractivity contribution >= 4 is 6.03 Å². The van der Waals surface area contributed by atoms with E-state index in [2.05, 4.69) is 15.5 Å². The number of hydrogen-bond acceptors (Lipinski definition) is 4. The Balaban J connectivity index is 1.27. The number of aromatic hydroxyl groups is 1. The molecule has 0 unspecified atom stereocenters. The van der Waals surface area contributed by atoms with E-state index >= 15 is 0 Å². The molecule has 6 nitrogen and oxygen atoms in total. The Labute approximate surface area is 162 Å². The van der Waals surface area contributed by atoms with Crippen LogP contribution in [0.1, 0.15) is 56.6 Å². The zero-order valence-corrected chi connectivity index (χ0v) is 16.1. The monoisotopic (exact) mass is 375 g/mol. The van der Waals surface area contributed by atoms with Gasteiger partial charge in [0.2, 0.25) is 0 Å². The molecule has 1 aromatic carbocycles. The van der Waals surface area contributed by atoms with Crippen molar-refractivity contribution in [1.29, 1.82) is 0 Å². The predicted octanol–water partition coefficient (Wildman–Crippen LogP) is 2.77. The third-order valence-corrected chi connectivity index (χ3v) is 6.04. The molecular formula is C21H33N3O3. The van der Waals surface area contributed by atoms with Gasteiger partial charge >= 0.3 is 6.03 Å². The van der Waals surface area contributed by atoms with Crippen LogP contribution in [0.3, 0.4) is 0 Å². The molecule has 0 aromatic heterocycles. The lowest BCUT2D eigenvalue weighted by molar-refractivity contribution is 0.131. The summed E-state index contributed by atoms with van der Waals surface area (Å²) in [6, 6.07) is 7.02. The van der Waals surface area contributed by atoms with Crippen molar-refractivity contribution in [2.24, 2.45) is 5.92 Å². The molecule has 0 radical (unpaired) electrons. The number of rotatable bonds is 7. The molecule has 1 aliphatic carbocycles. The third kappa shape index (κ3) is 6.11. The standard InChI is InChI=1S/C21H33N3O3/c25-19-7-3-4-17(14-19)20(26)15-23-21(27)22-11-8-16-9-12-24(13-10-16)18-5-1-2-6-18/h3-4,7,14,16,18,20,25-26H,1-2,5-6,8-13,15H2,(H2,22,23,27)/t20-/m1/s1. The third-order valence-electron chi connectivity index (χ3n) is 6.04. The van der Waals surface area contributed by atoms with Crippen LogP contribution in [0.25, 0.3) is 0 Å². The van der Waals surface area contributed by atoms with E-state index in [0.29, 0.717) is 18.0 Å². The number of aliphatic hydroxyl groups excluding tert-OH is 1. The van der Waals surface area contributed by atoms with Gasteiger partial charge in [0.05, 0.1) is 6.10 Å². The summed E-state index contributed by atoms with van der Waals surface area (Å²) in [5.74, 6) is 0.802. The Kier molecular flexibility index (Phi) is 7.35. The van der Waals surface area contributed by atoms with Crippen molar-refractivity contribution in [3.05, 3.63) is 29.8 Å². The second kappa shape index (κ2) is 9.95. The largest absolute Gasteiger partial charge is 0.508 e. The SMILES string of the molecule is O=C(NCCC1CCN(C2CCCC2)CC1)NC[C@@H](O)c1cccc(O)c1. The molecule has 1 aliphatic heterocycles. The minimum Gasteiger partial charge on any atom is -0.508 e. The maximum atomic E-state index is 11.9. The number of aliphatic hydroxyl groups is 1. The first-order valence-electron chi connectivity index (χ1n) is 10.3. The van der Waals surface area contributed by atoms with Crippen molar-refractivity contribution in [1.82, 2.24) is 15.5 Å². The number of carbonyl (C=O) groups excluding carboxylic acids is 1. The minimum absolute atomic E-state index is 0.106. The summed E-state index contributed by atoms with van der Waals surface area (Å²) >= 11 is 0. The van der Waals surface area contributed by atoms with Crippen molar-refractivity contribution < 1.29 is 15.0 Å². The van der Waals surface area contributed by atoms with Gasteiger partial charge in [0.25, 0.3) is 0 Å². The smallest absolute Gasteiger partial charge is 0.314 e. The lowest BCUT2D eigenvalue weighted by Gasteiger charge is -2.36. The van der Waals surface area contributed by atoms with Gasteiger partial charge in [0, 0.05) is 19.1 Å². The van der Waals surface area contributed by atoms with Gasteiger partial charge < -0.3 is 25.7 Å². The molecule has 1 aromatic rings. The average Bonchev–Trinajstić information content (AvgIpc) is 3.21. The number of hydrogen-bond donors (Lipinski definition) is 4. The van der Waals surface area contributed by atoms with Gasteiger partial charge in [0.15, 0.2) is 0 Å². The molecule has 0 spiro atoms. The number of likely N-dealkylation sites (tertiary alicyclic amines) is 1. The van der Waals surface area contributed by atoms with Gasteiger partial charge in [-0.15, -0.1) is 0 Å². The fraction of sp³-hybridized carbons (Fsp3) is 0.667. The highest BCUT2D eigenvalue weighted by Crippen LogP contribution is 2.28. The van der Waals surface area contributed by atoms with Crippen molar-refractivity contribution in [2.75, 3.05) is 26.2 Å². The van der Waals surface area contributed by atoms with Crippen LogP contribution in [0.15, 0.2) is 24.3 Å². The Morgan fingerprint density at radius 2 is 1.89 bits per heavy atom. The number of phenols is 1. The number of piperidine rings is 1. The van der Waals surface area contributed by atoms with Gasteiger partial charge in [0.1, 0.15) is 5.75 Å². The van der Waals surface area contributed by atoms with Crippen LogP contribution in [0.4, 0.5) is 4.79 Å². The molecule has 1 atom stereocenters. The second-order valence-electron chi connectivity index (χ2n) is 7.95. The molecule has 1 saturated carbocycles. The maximum absolute atomic E-state index is 11.9. The molecule has 6 heteroatoms. The Morgan fingerprint density at radius 3 is 2.59 bits per heavy atom. The van der Waals surface area contributed by atoms with Crippen molar-refractivity contribution in [3.63, 3.8) is 0 Å². The van der Waals surface area contributed by atoms with Crippen LogP contribution in [-0.2, 0) is 0 Å². The summed E-state index contributed by atoms with van der Waals surface area (Å²) in [5, 5.41) is 25.1. The van der Waals surface area contributed by atoms with E-state index in [9.17, 15) is 15.0 Å². The van der Waals surface area contributed by atoms with E-state index < -0.39 is 6.10 Å². The summed E-state index contributed by atoms with van der Waals surface area (Å²) in [6.45, 7) is 3.20. The number of amides is 2. The fourth-order valence-corrected chi connectivity index (χ4v) is 4.37. The highest BCUT2D eigenvalue weighted by molar-refractivity contribution is 5.73. The highest BCUT2D eigenvalue weighted by Gasteiger charge is 2.26. The van der Waals surface area contributed by atoms with Crippen LogP contribution in [0.2, 0.25) is 0 Å². The van der Waals surface area contributed by atoms with E-state index in [1.807, 2.05) is 0 Å². The molecule has 4 N–H and O–H groups in total.